The topological polar surface area (TPSA) is 44.4 Å². The molecule has 0 aliphatic carbocycles. The zero-order chi connectivity index (χ0) is 20.6. The first kappa shape index (κ1) is 22.6. The SMILES string of the molecule is CNC(C(=O)NN(CCCc1ccccc1)Cc1ccc(Br)cc1)C(C)(C)C. The molecule has 1 unspecified atom stereocenters. The minimum absolute atomic E-state index is 0.00632. The average Bonchev–Trinajstić information content (AvgIpc) is 2.63. The van der Waals surface area contributed by atoms with Crippen molar-refractivity contribution in [2.75, 3.05) is 13.6 Å². The van der Waals surface area contributed by atoms with Gasteiger partial charge in [0.1, 0.15) is 0 Å². The molecular weight excluding hydrogens is 414 g/mol. The number of carbonyl (C=O) groups is 1. The second kappa shape index (κ2) is 10.7. The summed E-state index contributed by atoms with van der Waals surface area (Å²) in [7, 11) is 1.84. The summed E-state index contributed by atoms with van der Waals surface area (Å²) in [5.41, 5.74) is 5.47. The summed E-state index contributed by atoms with van der Waals surface area (Å²) in [5, 5.41) is 5.19. The molecule has 2 rings (SSSR count). The third kappa shape index (κ3) is 7.38. The summed E-state index contributed by atoms with van der Waals surface area (Å²) in [6.07, 6.45) is 1.96. The third-order valence-electron chi connectivity index (χ3n) is 4.71. The first-order valence-electron chi connectivity index (χ1n) is 9.80. The van der Waals surface area contributed by atoms with Crippen LogP contribution in [-0.4, -0.2) is 30.6 Å². The predicted molar refractivity (Wildman–Crippen MR) is 120 cm³/mol. The van der Waals surface area contributed by atoms with Crippen LogP contribution in [0, 0.1) is 5.41 Å². The Labute approximate surface area is 177 Å². The van der Waals surface area contributed by atoms with E-state index < -0.39 is 0 Å². The Balaban J connectivity index is 2.04. The molecule has 0 radical (unpaired) electrons. The maximum Gasteiger partial charge on any atom is 0.251 e. The molecule has 4 nitrogen and oxygen atoms in total. The fourth-order valence-corrected chi connectivity index (χ4v) is 3.55. The van der Waals surface area contributed by atoms with Gasteiger partial charge in [-0.05, 0) is 48.6 Å². The Morgan fingerprint density at radius 2 is 1.68 bits per heavy atom. The number of likely N-dealkylation sites (N-methyl/N-ethyl adjacent to an activating group) is 1. The first-order valence-corrected chi connectivity index (χ1v) is 10.6. The van der Waals surface area contributed by atoms with E-state index in [1.807, 2.05) is 30.3 Å². The highest BCUT2D eigenvalue weighted by atomic mass is 79.9. The summed E-state index contributed by atoms with van der Waals surface area (Å²) >= 11 is 3.48. The molecule has 0 bridgehead atoms. The highest BCUT2D eigenvalue weighted by Crippen LogP contribution is 2.19. The quantitative estimate of drug-likeness (QED) is 0.556. The van der Waals surface area contributed by atoms with E-state index in [-0.39, 0.29) is 17.4 Å². The molecule has 2 aromatic carbocycles. The summed E-state index contributed by atoms with van der Waals surface area (Å²) in [6, 6.07) is 18.4. The molecule has 28 heavy (non-hydrogen) atoms. The van der Waals surface area contributed by atoms with Gasteiger partial charge in [0.05, 0.1) is 6.04 Å². The number of aryl methyl sites for hydroxylation is 1. The number of amides is 1. The Morgan fingerprint density at radius 3 is 2.25 bits per heavy atom. The Bertz CT molecular complexity index is 726. The smallest absolute Gasteiger partial charge is 0.251 e. The van der Waals surface area contributed by atoms with Crippen molar-refractivity contribution in [1.82, 2.24) is 15.8 Å². The van der Waals surface area contributed by atoms with Crippen LogP contribution in [0.15, 0.2) is 59.1 Å². The van der Waals surface area contributed by atoms with Crippen molar-refractivity contribution < 1.29 is 4.79 Å². The van der Waals surface area contributed by atoms with E-state index in [0.29, 0.717) is 6.54 Å². The van der Waals surface area contributed by atoms with E-state index in [1.54, 1.807) is 0 Å². The van der Waals surface area contributed by atoms with Crippen LogP contribution in [0.5, 0.6) is 0 Å². The van der Waals surface area contributed by atoms with Gasteiger partial charge in [0.2, 0.25) is 0 Å². The zero-order valence-electron chi connectivity index (χ0n) is 17.3. The van der Waals surface area contributed by atoms with Gasteiger partial charge in [-0.2, -0.15) is 0 Å². The van der Waals surface area contributed by atoms with Crippen molar-refractivity contribution in [1.29, 1.82) is 0 Å². The normalized spacial score (nSPS) is 12.8. The van der Waals surface area contributed by atoms with Crippen molar-refractivity contribution in [2.45, 2.75) is 46.2 Å². The van der Waals surface area contributed by atoms with Crippen molar-refractivity contribution in [3.8, 4) is 0 Å². The molecule has 1 atom stereocenters. The average molecular weight is 446 g/mol. The number of rotatable bonds is 9. The molecule has 2 aromatic rings. The predicted octanol–water partition coefficient (Wildman–Crippen LogP) is 4.55. The number of nitrogens with one attached hydrogen (secondary N) is 2. The number of hydrogen-bond acceptors (Lipinski definition) is 3. The summed E-state index contributed by atoms with van der Waals surface area (Å²) in [5.74, 6) is 0.00632. The van der Waals surface area contributed by atoms with E-state index in [2.05, 4.69) is 83.8 Å². The van der Waals surface area contributed by atoms with Crippen LogP contribution in [0.3, 0.4) is 0 Å². The van der Waals surface area contributed by atoms with Crippen LogP contribution in [0.1, 0.15) is 38.3 Å². The lowest BCUT2D eigenvalue weighted by molar-refractivity contribution is -0.130. The van der Waals surface area contributed by atoms with Crippen LogP contribution in [0.25, 0.3) is 0 Å². The van der Waals surface area contributed by atoms with Crippen molar-refractivity contribution >= 4 is 21.8 Å². The first-order chi connectivity index (χ1) is 13.3. The molecule has 1 amide bonds. The minimum Gasteiger partial charge on any atom is -0.308 e. The van der Waals surface area contributed by atoms with Gasteiger partial charge in [-0.25, -0.2) is 5.01 Å². The molecule has 0 fully saturated rings. The van der Waals surface area contributed by atoms with Gasteiger partial charge in [-0.1, -0.05) is 79.2 Å². The molecule has 0 heterocycles. The van der Waals surface area contributed by atoms with Crippen LogP contribution in [-0.2, 0) is 17.8 Å². The van der Waals surface area contributed by atoms with E-state index in [1.165, 1.54) is 11.1 Å². The standard InChI is InChI=1S/C23H32BrN3O/c1-23(2,3)21(25-4)22(28)26-27(17-19-12-14-20(24)15-13-19)16-8-11-18-9-6-5-7-10-18/h5-7,9-10,12-15,21,25H,8,11,16-17H2,1-4H3,(H,26,28). The molecule has 0 aliphatic rings. The van der Waals surface area contributed by atoms with Crippen LogP contribution < -0.4 is 10.7 Å². The fraction of sp³-hybridized carbons (Fsp3) is 0.435. The van der Waals surface area contributed by atoms with Gasteiger partial charge in [0, 0.05) is 17.6 Å². The van der Waals surface area contributed by atoms with E-state index in [0.717, 1.165) is 23.9 Å². The molecule has 5 heteroatoms. The van der Waals surface area contributed by atoms with Gasteiger partial charge in [0.25, 0.3) is 5.91 Å². The Hall–Kier alpha value is -1.69. The number of halogens is 1. The number of carbonyl (C=O) groups excluding carboxylic acids is 1. The molecule has 2 N–H and O–H groups in total. The van der Waals surface area contributed by atoms with E-state index >= 15 is 0 Å². The highest BCUT2D eigenvalue weighted by molar-refractivity contribution is 9.10. The molecule has 0 saturated carbocycles. The summed E-state index contributed by atoms with van der Waals surface area (Å²) in [6.45, 7) is 7.68. The number of hydrazine groups is 1. The molecule has 0 spiro atoms. The largest absolute Gasteiger partial charge is 0.308 e. The van der Waals surface area contributed by atoms with Gasteiger partial charge in [-0.15, -0.1) is 0 Å². The fourth-order valence-electron chi connectivity index (χ4n) is 3.28. The monoisotopic (exact) mass is 445 g/mol. The zero-order valence-corrected chi connectivity index (χ0v) is 18.9. The summed E-state index contributed by atoms with van der Waals surface area (Å²) in [4.78, 5) is 12.9. The van der Waals surface area contributed by atoms with Gasteiger partial charge in [-0.3, -0.25) is 10.2 Å². The van der Waals surface area contributed by atoms with Crippen molar-refractivity contribution in [2.24, 2.45) is 5.41 Å². The van der Waals surface area contributed by atoms with Gasteiger partial charge >= 0.3 is 0 Å². The maximum absolute atomic E-state index is 12.9. The third-order valence-corrected chi connectivity index (χ3v) is 5.24. The van der Waals surface area contributed by atoms with Crippen LogP contribution in [0.4, 0.5) is 0 Å². The van der Waals surface area contributed by atoms with Crippen molar-refractivity contribution in [3.05, 3.63) is 70.2 Å². The molecule has 0 saturated heterocycles. The second-order valence-electron chi connectivity index (χ2n) is 8.20. The highest BCUT2D eigenvalue weighted by Gasteiger charge is 2.30. The number of benzene rings is 2. The Morgan fingerprint density at radius 1 is 1.04 bits per heavy atom. The van der Waals surface area contributed by atoms with E-state index in [9.17, 15) is 4.79 Å². The lowest BCUT2D eigenvalue weighted by Gasteiger charge is -2.32. The lowest BCUT2D eigenvalue weighted by Crippen LogP contribution is -2.55. The van der Waals surface area contributed by atoms with E-state index in [4.69, 9.17) is 0 Å². The molecule has 0 aliphatic heterocycles. The lowest BCUT2D eigenvalue weighted by atomic mass is 9.86. The molecular formula is C23H32BrN3O. The molecule has 152 valence electrons. The van der Waals surface area contributed by atoms with Crippen molar-refractivity contribution in [3.63, 3.8) is 0 Å². The second-order valence-corrected chi connectivity index (χ2v) is 9.12. The van der Waals surface area contributed by atoms with Gasteiger partial charge < -0.3 is 5.32 Å². The maximum atomic E-state index is 12.9. The van der Waals surface area contributed by atoms with Crippen LogP contribution in [0.2, 0.25) is 0 Å². The number of nitrogens with zero attached hydrogens (tertiary/aromatic N) is 1. The molecule has 0 aromatic heterocycles. The van der Waals surface area contributed by atoms with Gasteiger partial charge in [0.15, 0.2) is 0 Å². The number of hydrogen-bond donors (Lipinski definition) is 2. The summed E-state index contributed by atoms with van der Waals surface area (Å²) < 4.78 is 1.05. The minimum atomic E-state index is -0.256. The van der Waals surface area contributed by atoms with Crippen LogP contribution >= 0.6 is 15.9 Å². The Kier molecular flexibility index (Phi) is 8.67.